The maximum Gasteiger partial charge on any atom is 0.326 e. The number of halogens is 2. The predicted octanol–water partition coefficient (Wildman–Crippen LogP) is 3.07. The van der Waals surface area contributed by atoms with Gasteiger partial charge in [0, 0.05) is 17.0 Å². The highest BCUT2D eigenvalue weighted by atomic mass is 35.5. The lowest BCUT2D eigenvalue weighted by Crippen LogP contribution is -2.39. The minimum Gasteiger partial charge on any atom is -0.480 e. The Kier molecular flexibility index (Phi) is 5.51. The number of amides is 1. The molecular weight excluding hydrogens is 431 g/mol. The lowest BCUT2D eigenvalue weighted by molar-refractivity contribution is -0.138. The Morgan fingerprint density at radius 1 is 1.35 bits per heavy atom. The van der Waals surface area contributed by atoms with Gasteiger partial charge >= 0.3 is 5.97 Å². The molecule has 1 aliphatic heterocycles. The molecule has 10 nitrogen and oxygen atoms in total. The van der Waals surface area contributed by atoms with E-state index in [0.717, 1.165) is 11.1 Å². The molecule has 2 aromatic heterocycles. The number of carbonyl (C=O) groups excluding carboxylic acids is 1. The summed E-state index contributed by atoms with van der Waals surface area (Å²) in [7, 11) is 0. The Morgan fingerprint density at radius 2 is 2.10 bits per heavy atom. The number of hydrogen-bond acceptors (Lipinski definition) is 8. The summed E-state index contributed by atoms with van der Waals surface area (Å²) >= 11 is 5.88. The average molecular weight is 447 g/mol. The number of carbonyl (C=O) groups is 2. The predicted molar refractivity (Wildman–Crippen MR) is 107 cm³/mol. The number of carboxylic acid groups (broad SMARTS) is 1. The number of carboxylic acids is 1. The molecule has 0 bridgehead atoms. The molecule has 1 amide bonds. The topological polar surface area (TPSA) is 134 Å². The summed E-state index contributed by atoms with van der Waals surface area (Å²) < 4.78 is 19.6. The van der Waals surface area contributed by atoms with E-state index in [2.05, 4.69) is 25.4 Å². The first kappa shape index (κ1) is 20.7. The normalized spacial score (nSPS) is 17.1. The van der Waals surface area contributed by atoms with Crippen LogP contribution in [0, 0.1) is 5.82 Å². The van der Waals surface area contributed by atoms with Gasteiger partial charge in [0.2, 0.25) is 23.6 Å². The molecule has 0 radical (unpaired) electrons. The van der Waals surface area contributed by atoms with Gasteiger partial charge in [0.1, 0.15) is 12.1 Å². The average Bonchev–Trinajstić information content (AvgIpc) is 3.37. The first-order chi connectivity index (χ1) is 14.8. The van der Waals surface area contributed by atoms with Crippen LogP contribution in [0.15, 0.2) is 35.0 Å². The number of hydrogen-bond donors (Lipinski definition) is 2. The summed E-state index contributed by atoms with van der Waals surface area (Å²) in [5, 5.41) is 16.7. The fraction of sp³-hybridized carbons (Fsp3) is 0.263. The van der Waals surface area contributed by atoms with E-state index in [0.29, 0.717) is 16.4 Å². The molecule has 1 aliphatic rings. The van der Waals surface area contributed by atoms with Gasteiger partial charge in [-0.05, 0) is 37.6 Å². The third kappa shape index (κ3) is 4.17. The molecule has 3 heterocycles. The maximum atomic E-state index is 14.3. The van der Waals surface area contributed by atoms with E-state index in [1.54, 1.807) is 31.2 Å². The molecule has 160 valence electrons. The summed E-state index contributed by atoms with van der Waals surface area (Å²) in [4.78, 5) is 36.6. The lowest BCUT2D eigenvalue weighted by Gasteiger charge is -2.21. The highest BCUT2D eigenvalue weighted by Gasteiger charge is 2.39. The van der Waals surface area contributed by atoms with Crippen molar-refractivity contribution in [3.63, 3.8) is 0 Å². The number of rotatable bonds is 6. The van der Waals surface area contributed by atoms with Crippen LogP contribution < -0.4 is 10.2 Å². The van der Waals surface area contributed by atoms with Gasteiger partial charge in [-0.3, -0.25) is 9.69 Å². The van der Waals surface area contributed by atoms with E-state index in [-0.39, 0.29) is 24.7 Å². The van der Waals surface area contributed by atoms with Crippen LogP contribution in [-0.2, 0) is 9.59 Å². The van der Waals surface area contributed by atoms with Crippen molar-refractivity contribution in [2.24, 2.45) is 0 Å². The number of nitrogens with one attached hydrogen (secondary N) is 1. The molecule has 31 heavy (non-hydrogen) atoms. The smallest absolute Gasteiger partial charge is 0.326 e. The van der Waals surface area contributed by atoms with Gasteiger partial charge in [0.15, 0.2) is 11.6 Å². The zero-order chi connectivity index (χ0) is 22.1. The molecule has 12 heteroatoms. The standard InChI is InChI=1S/C19H16ClFN6O4/c1-9(17-24-15(26-31-17)10-2-4-11(20)5-3-10)23-19-22-8-12(21)16(25-19)27-13(18(29)30)6-7-14(27)28/h2-5,8-9,13H,6-7H2,1H3,(H,29,30)(H,22,23,25)/t9-,13?/m0/s1. The van der Waals surface area contributed by atoms with Crippen LogP contribution in [0.4, 0.5) is 16.2 Å². The molecule has 0 saturated carbocycles. The van der Waals surface area contributed by atoms with Crippen LogP contribution >= 0.6 is 11.6 Å². The summed E-state index contributed by atoms with van der Waals surface area (Å²) in [6.45, 7) is 1.70. The van der Waals surface area contributed by atoms with Crippen molar-refractivity contribution in [2.45, 2.75) is 31.8 Å². The third-order valence-corrected chi connectivity index (χ3v) is 4.96. The summed E-state index contributed by atoms with van der Waals surface area (Å²) in [5.41, 5.74) is 0.708. The number of anilines is 2. The largest absolute Gasteiger partial charge is 0.480 e. The Bertz CT molecular complexity index is 1140. The molecule has 2 N–H and O–H groups in total. The Balaban J connectivity index is 1.55. The van der Waals surface area contributed by atoms with Gasteiger partial charge in [-0.15, -0.1) is 0 Å². The summed E-state index contributed by atoms with van der Waals surface area (Å²) in [6.07, 6.45) is 0.941. The molecule has 0 aliphatic carbocycles. The lowest BCUT2D eigenvalue weighted by atomic mass is 10.2. The van der Waals surface area contributed by atoms with Crippen molar-refractivity contribution in [1.29, 1.82) is 0 Å². The second-order valence-electron chi connectivity index (χ2n) is 6.85. The quantitative estimate of drug-likeness (QED) is 0.585. The molecule has 2 atom stereocenters. The monoisotopic (exact) mass is 446 g/mol. The van der Waals surface area contributed by atoms with Gasteiger partial charge in [-0.25, -0.2) is 14.2 Å². The van der Waals surface area contributed by atoms with Crippen LogP contribution in [0.2, 0.25) is 5.02 Å². The fourth-order valence-electron chi connectivity index (χ4n) is 3.16. The van der Waals surface area contributed by atoms with Crippen molar-refractivity contribution < 1.29 is 23.6 Å². The molecule has 1 unspecified atom stereocenters. The van der Waals surface area contributed by atoms with Crippen LogP contribution in [-0.4, -0.2) is 43.1 Å². The SMILES string of the molecule is C[C@H](Nc1ncc(F)c(N2C(=O)CCC2C(=O)O)n1)c1nc(-c2ccc(Cl)cc2)no1. The van der Waals surface area contributed by atoms with E-state index in [1.165, 1.54) is 0 Å². The molecule has 3 aromatic rings. The zero-order valence-corrected chi connectivity index (χ0v) is 16.9. The third-order valence-electron chi connectivity index (χ3n) is 4.71. The van der Waals surface area contributed by atoms with Crippen LogP contribution in [0.3, 0.4) is 0 Å². The summed E-state index contributed by atoms with van der Waals surface area (Å²) in [5.74, 6) is -2.50. The van der Waals surface area contributed by atoms with Crippen LogP contribution in [0.5, 0.6) is 0 Å². The second kappa shape index (κ2) is 8.26. The first-order valence-corrected chi connectivity index (χ1v) is 9.64. The fourth-order valence-corrected chi connectivity index (χ4v) is 3.29. The van der Waals surface area contributed by atoms with Crippen LogP contribution in [0.1, 0.15) is 31.7 Å². The number of benzene rings is 1. The van der Waals surface area contributed by atoms with Crippen molar-refractivity contribution in [3.8, 4) is 11.4 Å². The van der Waals surface area contributed by atoms with Gasteiger partial charge in [0.25, 0.3) is 0 Å². The van der Waals surface area contributed by atoms with Gasteiger partial charge < -0.3 is 14.9 Å². The summed E-state index contributed by atoms with van der Waals surface area (Å²) in [6, 6.07) is 5.16. The molecular formula is C19H16ClFN6O4. The minimum absolute atomic E-state index is 0.00493. The molecule has 0 spiro atoms. The maximum absolute atomic E-state index is 14.3. The molecule has 1 saturated heterocycles. The van der Waals surface area contributed by atoms with E-state index in [9.17, 15) is 19.1 Å². The molecule has 4 rings (SSSR count). The van der Waals surface area contributed by atoms with E-state index >= 15 is 0 Å². The zero-order valence-electron chi connectivity index (χ0n) is 16.1. The highest BCUT2D eigenvalue weighted by molar-refractivity contribution is 6.30. The first-order valence-electron chi connectivity index (χ1n) is 9.27. The van der Waals surface area contributed by atoms with Crippen molar-refractivity contribution >= 4 is 35.2 Å². The van der Waals surface area contributed by atoms with Crippen LogP contribution in [0.25, 0.3) is 11.4 Å². The number of aliphatic carboxylic acids is 1. The van der Waals surface area contributed by atoms with Crippen molar-refractivity contribution in [3.05, 3.63) is 47.2 Å². The van der Waals surface area contributed by atoms with E-state index < -0.39 is 35.6 Å². The molecule has 1 fully saturated rings. The Hall–Kier alpha value is -3.60. The number of nitrogens with zero attached hydrogens (tertiary/aromatic N) is 5. The van der Waals surface area contributed by atoms with Crippen molar-refractivity contribution in [2.75, 3.05) is 10.2 Å². The van der Waals surface area contributed by atoms with Gasteiger partial charge in [-0.2, -0.15) is 9.97 Å². The highest BCUT2D eigenvalue weighted by Crippen LogP contribution is 2.29. The van der Waals surface area contributed by atoms with E-state index in [1.807, 2.05) is 0 Å². The Labute approximate surface area is 180 Å². The Morgan fingerprint density at radius 3 is 2.81 bits per heavy atom. The minimum atomic E-state index is -1.23. The van der Waals surface area contributed by atoms with Gasteiger partial charge in [0.05, 0.1) is 6.20 Å². The second-order valence-corrected chi connectivity index (χ2v) is 7.29. The van der Waals surface area contributed by atoms with Gasteiger partial charge in [-0.1, -0.05) is 16.8 Å². The van der Waals surface area contributed by atoms with Crippen molar-refractivity contribution in [1.82, 2.24) is 20.1 Å². The number of aromatic nitrogens is 4. The molecule has 1 aromatic carbocycles. The van der Waals surface area contributed by atoms with E-state index in [4.69, 9.17) is 16.1 Å².